The maximum absolute atomic E-state index is 12.9. The molecule has 0 spiro atoms. The number of nitrogens with zero attached hydrogens (tertiary/aromatic N) is 4. The van der Waals surface area contributed by atoms with Gasteiger partial charge in [-0.2, -0.15) is 14.8 Å². The molecule has 2 aliphatic rings. The van der Waals surface area contributed by atoms with Crippen LogP contribution >= 0.6 is 0 Å². The standard InChI is InChI=1S/C17H17N5O5/c1-26-15(23)14-13-11(7-19-21(13)16(18)24)12-8-20(14)17(25)22(12)27-9-10-5-3-2-4-6-10/h2-7,12,14H,8-9H2,1H3,(H2,18,24)/t12-,14-/m0/s1. The van der Waals surface area contributed by atoms with E-state index in [9.17, 15) is 14.4 Å². The molecule has 4 rings (SSSR count). The molecule has 3 amide bonds. The van der Waals surface area contributed by atoms with Crippen LogP contribution in [0.1, 0.15) is 28.9 Å². The lowest BCUT2D eigenvalue weighted by atomic mass is 9.98. The Morgan fingerprint density at radius 3 is 2.70 bits per heavy atom. The first kappa shape index (κ1) is 17.0. The zero-order valence-corrected chi connectivity index (χ0v) is 14.4. The van der Waals surface area contributed by atoms with Crippen LogP contribution in [0.15, 0.2) is 36.5 Å². The van der Waals surface area contributed by atoms with Crippen LogP contribution in [0.25, 0.3) is 0 Å². The van der Waals surface area contributed by atoms with Gasteiger partial charge in [-0.25, -0.2) is 14.4 Å². The van der Waals surface area contributed by atoms with Gasteiger partial charge in [0.05, 0.1) is 25.5 Å². The van der Waals surface area contributed by atoms with Crippen LogP contribution in [0.2, 0.25) is 0 Å². The predicted molar refractivity (Wildman–Crippen MR) is 89.9 cm³/mol. The molecule has 2 aromatic rings. The Bertz CT molecular complexity index is 912. The molecule has 0 unspecified atom stereocenters. The Morgan fingerprint density at radius 1 is 1.30 bits per heavy atom. The molecule has 3 heterocycles. The molecular formula is C17H17N5O5. The minimum atomic E-state index is -1.12. The molecule has 0 aliphatic carbocycles. The van der Waals surface area contributed by atoms with Gasteiger partial charge in [-0.05, 0) is 5.56 Å². The first-order chi connectivity index (χ1) is 13.0. The minimum Gasteiger partial charge on any atom is -0.467 e. The average molecular weight is 371 g/mol. The van der Waals surface area contributed by atoms with Gasteiger partial charge < -0.3 is 15.4 Å². The van der Waals surface area contributed by atoms with Crippen molar-refractivity contribution < 1.29 is 24.0 Å². The highest BCUT2D eigenvalue weighted by molar-refractivity contribution is 5.89. The van der Waals surface area contributed by atoms with Gasteiger partial charge in [0.2, 0.25) is 0 Å². The van der Waals surface area contributed by atoms with Gasteiger partial charge in [0, 0.05) is 5.56 Å². The van der Waals surface area contributed by atoms with Crippen LogP contribution in [-0.2, 0) is 21.0 Å². The fourth-order valence-corrected chi connectivity index (χ4v) is 3.48. The first-order valence-corrected chi connectivity index (χ1v) is 8.25. The molecule has 2 bridgehead atoms. The van der Waals surface area contributed by atoms with Crippen LogP contribution in [0.5, 0.6) is 0 Å². The number of rotatable bonds is 4. The van der Waals surface area contributed by atoms with E-state index in [4.69, 9.17) is 15.3 Å². The summed E-state index contributed by atoms with van der Waals surface area (Å²) in [6.45, 7) is 0.393. The summed E-state index contributed by atoms with van der Waals surface area (Å²) >= 11 is 0. The molecule has 1 aromatic heterocycles. The van der Waals surface area contributed by atoms with Crippen molar-refractivity contribution in [3.8, 4) is 0 Å². The largest absolute Gasteiger partial charge is 0.467 e. The van der Waals surface area contributed by atoms with Gasteiger partial charge in [0.25, 0.3) is 0 Å². The van der Waals surface area contributed by atoms with E-state index in [1.807, 2.05) is 30.3 Å². The summed E-state index contributed by atoms with van der Waals surface area (Å²) < 4.78 is 5.75. The van der Waals surface area contributed by atoms with Gasteiger partial charge in [0.15, 0.2) is 6.04 Å². The normalized spacial score (nSPS) is 20.6. The van der Waals surface area contributed by atoms with Crippen LogP contribution in [-0.4, -0.2) is 51.4 Å². The molecule has 2 aliphatic heterocycles. The summed E-state index contributed by atoms with van der Waals surface area (Å²) in [7, 11) is 1.21. The lowest BCUT2D eigenvalue weighted by molar-refractivity contribution is -0.146. The number of nitrogens with two attached hydrogens (primary N) is 1. The van der Waals surface area contributed by atoms with Crippen molar-refractivity contribution in [3.63, 3.8) is 0 Å². The number of hydroxylamine groups is 2. The quantitative estimate of drug-likeness (QED) is 0.799. The van der Waals surface area contributed by atoms with Crippen LogP contribution in [0.3, 0.4) is 0 Å². The molecule has 0 radical (unpaired) electrons. The number of hydrogen-bond donors (Lipinski definition) is 1. The van der Waals surface area contributed by atoms with Crippen molar-refractivity contribution in [3.05, 3.63) is 53.3 Å². The zero-order valence-electron chi connectivity index (χ0n) is 14.4. The lowest BCUT2D eigenvalue weighted by Crippen LogP contribution is -2.41. The minimum absolute atomic E-state index is 0.180. The number of methoxy groups -OCH3 is 1. The van der Waals surface area contributed by atoms with E-state index >= 15 is 0 Å². The third-order valence-electron chi connectivity index (χ3n) is 4.70. The Kier molecular flexibility index (Phi) is 4.04. The highest BCUT2D eigenvalue weighted by Crippen LogP contribution is 2.44. The second kappa shape index (κ2) is 6.40. The van der Waals surface area contributed by atoms with Crippen LogP contribution < -0.4 is 5.73 Å². The second-order valence-electron chi connectivity index (χ2n) is 6.20. The number of amides is 3. The van der Waals surface area contributed by atoms with E-state index in [0.717, 1.165) is 10.2 Å². The molecule has 2 N–H and O–H groups in total. The maximum atomic E-state index is 12.9. The first-order valence-electron chi connectivity index (χ1n) is 8.25. The van der Waals surface area contributed by atoms with E-state index in [0.29, 0.717) is 5.56 Å². The highest BCUT2D eigenvalue weighted by atomic mass is 16.7. The number of benzene rings is 1. The third-order valence-corrected chi connectivity index (χ3v) is 4.70. The monoisotopic (exact) mass is 371 g/mol. The van der Waals surface area contributed by atoms with Crippen molar-refractivity contribution in [2.24, 2.45) is 5.73 Å². The number of urea groups is 1. The summed E-state index contributed by atoms with van der Waals surface area (Å²) in [6, 6.07) is 6.41. The summed E-state index contributed by atoms with van der Waals surface area (Å²) in [5, 5.41) is 5.19. The molecule has 1 saturated heterocycles. The number of esters is 1. The predicted octanol–water partition coefficient (Wildman–Crippen LogP) is 0.948. The zero-order chi connectivity index (χ0) is 19.1. The fourth-order valence-electron chi connectivity index (χ4n) is 3.48. The maximum Gasteiger partial charge on any atom is 0.345 e. The number of primary amides is 1. The molecule has 140 valence electrons. The van der Waals surface area contributed by atoms with Gasteiger partial charge in [-0.15, -0.1) is 0 Å². The van der Waals surface area contributed by atoms with Crippen molar-refractivity contribution in [2.75, 3.05) is 13.7 Å². The molecule has 27 heavy (non-hydrogen) atoms. The highest BCUT2D eigenvalue weighted by Gasteiger charge is 2.53. The topological polar surface area (TPSA) is 120 Å². The van der Waals surface area contributed by atoms with Crippen molar-refractivity contribution in [1.82, 2.24) is 19.7 Å². The summed E-state index contributed by atoms with van der Waals surface area (Å²) in [5.74, 6) is -0.684. The summed E-state index contributed by atoms with van der Waals surface area (Å²) in [6.07, 6.45) is 1.43. The van der Waals surface area contributed by atoms with Gasteiger partial charge in [-0.3, -0.25) is 4.84 Å². The number of fused-ring (bicyclic) bond motifs is 4. The summed E-state index contributed by atoms with van der Waals surface area (Å²) in [4.78, 5) is 44.0. The number of ether oxygens (including phenoxy) is 1. The lowest BCUT2D eigenvalue weighted by Gasteiger charge is -2.28. The Morgan fingerprint density at radius 2 is 2.04 bits per heavy atom. The van der Waals surface area contributed by atoms with E-state index < -0.39 is 30.1 Å². The molecular weight excluding hydrogens is 354 g/mol. The SMILES string of the molecule is COC(=O)[C@@H]1c2c(cnn2C(N)=O)[C@@H]2CN1C(=O)N2OCc1ccccc1. The van der Waals surface area contributed by atoms with E-state index in [1.54, 1.807) is 0 Å². The fraction of sp³-hybridized carbons (Fsp3) is 0.294. The van der Waals surface area contributed by atoms with Gasteiger partial charge in [0.1, 0.15) is 12.6 Å². The molecule has 2 atom stereocenters. The Labute approximate surface area is 154 Å². The number of carbonyl (C=O) groups excluding carboxylic acids is 3. The Balaban J connectivity index is 1.70. The summed E-state index contributed by atoms with van der Waals surface area (Å²) in [5.41, 5.74) is 7.00. The molecule has 10 heteroatoms. The smallest absolute Gasteiger partial charge is 0.345 e. The van der Waals surface area contributed by atoms with Crippen molar-refractivity contribution >= 4 is 18.0 Å². The van der Waals surface area contributed by atoms with Crippen LogP contribution in [0.4, 0.5) is 9.59 Å². The van der Waals surface area contributed by atoms with E-state index in [2.05, 4.69) is 5.10 Å². The number of carbonyl (C=O) groups is 3. The molecule has 1 fully saturated rings. The van der Waals surface area contributed by atoms with Gasteiger partial charge >= 0.3 is 18.0 Å². The second-order valence-corrected chi connectivity index (χ2v) is 6.20. The third kappa shape index (κ3) is 2.61. The Hall–Kier alpha value is -3.40. The van der Waals surface area contributed by atoms with Crippen molar-refractivity contribution in [1.29, 1.82) is 0 Å². The van der Waals surface area contributed by atoms with Crippen molar-refractivity contribution in [2.45, 2.75) is 18.7 Å². The van der Waals surface area contributed by atoms with E-state index in [-0.39, 0.29) is 18.8 Å². The molecule has 0 saturated carbocycles. The number of aromatic nitrogens is 2. The van der Waals surface area contributed by atoms with E-state index in [1.165, 1.54) is 23.3 Å². The molecule has 10 nitrogen and oxygen atoms in total. The molecule has 1 aromatic carbocycles. The van der Waals surface area contributed by atoms with Gasteiger partial charge in [-0.1, -0.05) is 30.3 Å². The van der Waals surface area contributed by atoms with Crippen LogP contribution in [0, 0.1) is 0 Å². The average Bonchev–Trinajstić information content (AvgIpc) is 3.23. The number of hydrogen-bond acceptors (Lipinski definition) is 6.